The number of sulfonamides is 1. The third-order valence-corrected chi connectivity index (χ3v) is 6.61. The van der Waals surface area contributed by atoms with E-state index < -0.39 is 10.0 Å². The molecule has 0 spiro atoms. The molecule has 1 aliphatic carbocycles. The van der Waals surface area contributed by atoms with Crippen molar-refractivity contribution in [1.29, 1.82) is 0 Å². The molecule has 0 saturated heterocycles. The zero-order valence-corrected chi connectivity index (χ0v) is 15.8. The first-order valence-electron chi connectivity index (χ1n) is 8.41. The maximum absolute atomic E-state index is 12.4. The summed E-state index contributed by atoms with van der Waals surface area (Å²) in [4.78, 5) is 16.4. The van der Waals surface area contributed by atoms with Crippen molar-refractivity contribution in [3.63, 3.8) is 0 Å². The van der Waals surface area contributed by atoms with E-state index >= 15 is 0 Å². The minimum Gasteiger partial charge on any atom is -0.326 e. The predicted octanol–water partition coefficient (Wildman–Crippen LogP) is 3.69. The van der Waals surface area contributed by atoms with E-state index in [0.717, 1.165) is 6.42 Å². The first-order valence-corrected chi connectivity index (χ1v) is 10.8. The Morgan fingerprint density at radius 1 is 1.07 bits per heavy atom. The molecule has 1 fully saturated rings. The van der Waals surface area contributed by atoms with Gasteiger partial charge < -0.3 is 5.32 Å². The summed E-state index contributed by atoms with van der Waals surface area (Å²) in [6, 6.07) is 16.1. The number of benzene rings is 2. The highest BCUT2D eigenvalue weighted by Gasteiger charge is 2.43. The lowest BCUT2D eigenvalue weighted by Crippen LogP contribution is -2.15. The summed E-state index contributed by atoms with van der Waals surface area (Å²) in [6.45, 7) is 0. The molecule has 4 rings (SSSR count). The van der Waals surface area contributed by atoms with E-state index in [1.165, 1.54) is 35.2 Å². The second kappa shape index (κ2) is 7.13. The van der Waals surface area contributed by atoms with Crippen LogP contribution in [0.3, 0.4) is 0 Å². The molecule has 138 valence electrons. The van der Waals surface area contributed by atoms with Gasteiger partial charge in [0.2, 0.25) is 5.91 Å². The number of anilines is 2. The van der Waals surface area contributed by atoms with Gasteiger partial charge in [0.1, 0.15) is 0 Å². The molecular weight excluding hydrogens is 382 g/mol. The molecule has 0 bridgehead atoms. The summed E-state index contributed by atoms with van der Waals surface area (Å²) in [5, 5.41) is 4.87. The molecule has 8 heteroatoms. The van der Waals surface area contributed by atoms with Gasteiger partial charge in [0.25, 0.3) is 10.0 Å². The Labute approximate surface area is 161 Å². The highest BCUT2D eigenvalue weighted by molar-refractivity contribution is 7.93. The van der Waals surface area contributed by atoms with Crippen molar-refractivity contribution < 1.29 is 13.2 Å². The van der Waals surface area contributed by atoms with Crippen LogP contribution in [0.4, 0.5) is 10.8 Å². The van der Waals surface area contributed by atoms with Crippen LogP contribution >= 0.6 is 11.3 Å². The lowest BCUT2D eigenvalue weighted by molar-refractivity contribution is -0.117. The maximum Gasteiger partial charge on any atom is 0.263 e. The second-order valence-corrected chi connectivity index (χ2v) is 8.89. The molecule has 2 atom stereocenters. The van der Waals surface area contributed by atoms with E-state index in [2.05, 4.69) is 15.0 Å². The average molecular weight is 399 g/mol. The van der Waals surface area contributed by atoms with Crippen molar-refractivity contribution in [2.24, 2.45) is 5.92 Å². The largest absolute Gasteiger partial charge is 0.326 e. The summed E-state index contributed by atoms with van der Waals surface area (Å²) in [5.41, 5.74) is 1.75. The van der Waals surface area contributed by atoms with Gasteiger partial charge in [-0.05, 0) is 42.2 Å². The lowest BCUT2D eigenvalue weighted by atomic mass is 10.1. The number of carbonyl (C=O) groups is 1. The van der Waals surface area contributed by atoms with Crippen LogP contribution in [0.5, 0.6) is 0 Å². The quantitative estimate of drug-likeness (QED) is 0.662. The Bertz CT molecular complexity index is 1030. The number of thiazole rings is 1. The highest BCUT2D eigenvalue weighted by Crippen LogP contribution is 2.47. The van der Waals surface area contributed by atoms with Crippen LogP contribution in [-0.4, -0.2) is 19.3 Å². The molecule has 2 aromatic carbocycles. The van der Waals surface area contributed by atoms with Crippen molar-refractivity contribution in [1.82, 2.24) is 4.98 Å². The fourth-order valence-corrected chi connectivity index (χ4v) is 4.74. The molecule has 6 nitrogen and oxygen atoms in total. The number of nitrogens with zero attached hydrogens (tertiary/aromatic N) is 1. The summed E-state index contributed by atoms with van der Waals surface area (Å²) in [7, 11) is -3.69. The minimum atomic E-state index is -3.69. The van der Waals surface area contributed by atoms with E-state index in [9.17, 15) is 13.2 Å². The fraction of sp³-hybridized carbons (Fsp3) is 0.158. The summed E-state index contributed by atoms with van der Waals surface area (Å²) in [5.74, 6) is 0.177. The lowest BCUT2D eigenvalue weighted by Gasteiger charge is -2.08. The third-order valence-electron chi connectivity index (χ3n) is 4.44. The molecule has 3 aromatic rings. The molecular formula is C19H17N3O3S2. The van der Waals surface area contributed by atoms with Gasteiger partial charge >= 0.3 is 0 Å². The number of rotatable bonds is 6. The van der Waals surface area contributed by atoms with Crippen molar-refractivity contribution in [2.75, 3.05) is 10.0 Å². The normalized spacial score (nSPS) is 18.7. The molecule has 1 aromatic heterocycles. The Morgan fingerprint density at radius 2 is 1.81 bits per heavy atom. The number of carbonyl (C=O) groups excluding carboxylic acids is 1. The molecule has 0 unspecified atom stereocenters. The van der Waals surface area contributed by atoms with Crippen molar-refractivity contribution in [3.05, 3.63) is 71.7 Å². The van der Waals surface area contributed by atoms with Gasteiger partial charge in [-0.25, -0.2) is 13.4 Å². The third kappa shape index (κ3) is 4.01. The standard InChI is InChI=1S/C19H17N3O3S2/c23-18(17-12-16(17)13-4-2-1-3-5-13)21-14-6-8-15(9-7-14)27(24,25)22-19-20-10-11-26-19/h1-11,16-17H,12H2,(H,20,22)(H,21,23)/t16-,17-/m0/s1. The van der Waals surface area contributed by atoms with Crippen LogP contribution in [0, 0.1) is 5.92 Å². The fourth-order valence-electron chi connectivity index (χ4n) is 2.95. The van der Waals surface area contributed by atoms with E-state index in [1.54, 1.807) is 17.5 Å². The van der Waals surface area contributed by atoms with E-state index in [4.69, 9.17) is 0 Å². The first-order chi connectivity index (χ1) is 13.0. The van der Waals surface area contributed by atoms with E-state index in [1.807, 2.05) is 30.3 Å². The molecule has 0 radical (unpaired) electrons. The van der Waals surface area contributed by atoms with Crippen molar-refractivity contribution >= 4 is 38.1 Å². The number of hydrogen-bond acceptors (Lipinski definition) is 5. The average Bonchev–Trinajstić information content (AvgIpc) is 3.33. The Balaban J connectivity index is 1.39. The van der Waals surface area contributed by atoms with Gasteiger partial charge in [0.15, 0.2) is 5.13 Å². The molecule has 2 N–H and O–H groups in total. The Morgan fingerprint density at radius 3 is 2.48 bits per heavy atom. The highest BCUT2D eigenvalue weighted by atomic mass is 32.2. The maximum atomic E-state index is 12.4. The van der Waals surface area contributed by atoms with E-state index in [-0.39, 0.29) is 22.6 Å². The van der Waals surface area contributed by atoms with Gasteiger partial charge in [-0.15, -0.1) is 11.3 Å². The van der Waals surface area contributed by atoms with Gasteiger partial charge in [0.05, 0.1) is 4.90 Å². The molecule has 1 heterocycles. The number of aromatic nitrogens is 1. The van der Waals surface area contributed by atoms with Crippen LogP contribution in [0.25, 0.3) is 0 Å². The van der Waals surface area contributed by atoms with Crippen LogP contribution in [0.1, 0.15) is 17.9 Å². The van der Waals surface area contributed by atoms with Gasteiger partial charge in [-0.3, -0.25) is 9.52 Å². The van der Waals surface area contributed by atoms with Crippen LogP contribution in [-0.2, 0) is 14.8 Å². The summed E-state index contributed by atoms with van der Waals surface area (Å²) in [6.07, 6.45) is 2.36. The Hall–Kier alpha value is -2.71. The van der Waals surface area contributed by atoms with E-state index in [0.29, 0.717) is 10.8 Å². The molecule has 1 aliphatic rings. The van der Waals surface area contributed by atoms with Crippen LogP contribution in [0.2, 0.25) is 0 Å². The zero-order chi connectivity index (χ0) is 18.9. The molecule has 1 amide bonds. The molecule has 27 heavy (non-hydrogen) atoms. The molecule has 1 saturated carbocycles. The second-order valence-electron chi connectivity index (χ2n) is 6.32. The Kier molecular flexibility index (Phi) is 4.67. The van der Waals surface area contributed by atoms with Gasteiger partial charge in [0, 0.05) is 23.2 Å². The summed E-state index contributed by atoms with van der Waals surface area (Å²) < 4.78 is 27.1. The van der Waals surface area contributed by atoms with Crippen LogP contribution in [0.15, 0.2) is 71.1 Å². The predicted molar refractivity (Wildman–Crippen MR) is 105 cm³/mol. The van der Waals surface area contributed by atoms with Gasteiger partial charge in [-0.1, -0.05) is 30.3 Å². The minimum absolute atomic E-state index is 0.0395. The smallest absolute Gasteiger partial charge is 0.263 e. The van der Waals surface area contributed by atoms with Crippen molar-refractivity contribution in [2.45, 2.75) is 17.2 Å². The van der Waals surface area contributed by atoms with Crippen LogP contribution < -0.4 is 10.0 Å². The van der Waals surface area contributed by atoms with Gasteiger partial charge in [-0.2, -0.15) is 0 Å². The number of amides is 1. The first kappa shape index (κ1) is 17.7. The molecule has 0 aliphatic heterocycles. The SMILES string of the molecule is O=C(Nc1ccc(S(=O)(=O)Nc2nccs2)cc1)[C@H]1C[C@H]1c1ccccc1. The topological polar surface area (TPSA) is 88.2 Å². The number of nitrogens with one attached hydrogen (secondary N) is 2. The number of hydrogen-bond donors (Lipinski definition) is 2. The zero-order valence-electron chi connectivity index (χ0n) is 14.2. The van der Waals surface area contributed by atoms with Crippen molar-refractivity contribution in [3.8, 4) is 0 Å². The monoisotopic (exact) mass is 399 g/mol. The summed E-state index contributed by atoms with van der Waals surface area (Å²) >= 11 is 1.21.